The number of amides is 1. The smallest absolute Gasteiger partial charge is 0.243 e. The third-order valence-corrected chi connectivity index (χ3v) is 8.62. The lowest BCUT2D eigenvalue weighted by Gasteiger charge is -2.34. The van der Waals surface area contributed by atoms with Gasteiger partial charge in [-0.2, -0.15) is 4.31 Å². The van der Waals surface area contributed by atoms with Crippen molar-refractivity contribution >= 4 is 15.9 Å². The quantitative estimate of drug-likeness (QED) is 0.621. The largest absolute Gasteiger partial charge is 0.490 e. The zero-order chi connectivity index (χ0) is 23.7. The number of rotatable bonds is 6. The van der Waals surface area contributed by atoms with Gasteiger partial charge in [0.1, 0.15) is 5.82 Å². The van der Waals surface area contributed by atoms with Crippen LogP contribution in [0.2, 0.25) is 0 Å². The molecule has 9 heteroatoms. The molecule has 34 heavy (non-hydrogen) atoms. The Morgan fingerprint density at radius 3 is 2.41 bits per heavy atom. The summed E-state index contributed by atoms with van der Waals surface area (Å²) in [5, 5.41) is 0. The number of nitrogens with zero attached hydrogens (tertiary/aromatic N) is 2. The Labute approximate surface area is 199 Å². The highest BCUT2D eigenvalue weighted by molar-refractivity contribution is 7.89. The van der Waals surface area contributed by atoms with Gasteiger partial charge in [0.25, 0.3) is 0 Å². The van der Waals surface area contributed by atoms with Gasteiger partial charge >= 0.3 is 0 Å². The molecule has 0 unspecified atom stereocenters. The molecule has 1 saturated carbocycles. The maximum Gasteiger partial charge on any atom is 0.243 e. The van der Waals surface area contributed by atoms with E-state index >= 15 is 0 Å². The second-order valence-corrected chi connectivity index (χ2v) is 11.1. The van der Waals surface area contributed by atoms with Crippen molar-refractivity contribution < 1.29 is 27.1 Å². The van der Waals surface area contributed by atoms with Crippen molar-refractivity contribution in [1.29, 1.82) is 0 Å². The number of piperidine rings is 1. The molecule has 0 spiro atoms. The van der Waals surface area contributed by atoms with Crippen molar-refractivity contribution in [3.05, 3.63) is 53.8 Å². The minimum atomic E-state index is -3.71. The average molecular weight is 489 g/mol. The molecule has 2 aromatic carbocycles. The molecule has 2 aromatic rings. The summed E-state index contributed by atoms with van der Waals surface area (Å²) < 4.78 is 53.4. The second kappa shape index (κ2) is 9.54. The number of hydrogen-bond acceptors (Lipinski definition) is 5. The first-order valence-corrected chi connectivity index (χ1v) is 13.3. The first-order chi connectivity index (χ1) is 16.4. The van der Waals surface area contributed by atoms with Gasteiger partial charge in [-0.05, 0) is 43.9 Å². The summed E-state index contributed by atoms with van der Waals surface area (Å²) in [7, 11) is -3.71. The van der Waals surface area contributed by atoms with E-state index in [1.54, 1.807) is 35.2 Å². The van der Waals surface area contributed by atoms with Crippen LogP contribution in [0.5, 0.6) is 11.5 Å². The maximum atomic E-state index is 14.2. The molecule has 2 aliphatic heterocycles. The molecule has 1 aliphatic carbocycles. The summed E-state index contributed by atoms with van der Waals surface area (Å²) in [5.41, 5.74) is 0.511. The normalized spacial score (nSPS) is 19.4. The molecule has 182 valence electrons. The predicted molar refractivity (Wildman–Crippen MR) is 124 cm³/mol. The molecule has 0 atom stereocenters. The second-order valence-electron chi connectivity index (χ2n) is 9.13. The lowest BCUT2D eigenvalue weighted by molar-refractivity contribution is -0.138. The van der Waals surface area contributed by atoms with E-state index < -0.39 is 10.0 Å². The van der Waals surface area contributed by atoms with Gasteiger partial charge in [0.15, 0.2) is 11.5 Å². The van der Waals surface area contributed by atoms with Crippen molar-refractivity contribution in [1.82, 2.24) is 9.21 Å². The number of fused-ring (bicyclic) bond motifs is 1. The summed E-state index contributed by atoms with van der Waals surface area (Å²) in [4.78, 5) is 15.3. The van der Waals surface area contributed by atoms with Crippen LogP contribution < -0.4 is 9.47 Å². The summed E-state index contributed by atoms with van der Waals surface area (Å²) >= 11 is 0. The Kier molecular flexibility index (Phi) is 6.48. The third kappa shape index (κ3) is 4.77. The van der Waals surface area contributed by atoms with Crippen LogP contribution in [0.1, 0.15) is 37.7 Å². The fraction of sp³-hybridized carbons (Fsp3) is 0.480. The van der Waals surface area contributed by atoms with E-state index in [-0.39, 0.29) is 48.2 Å². The Morgan fingerprint density at radius 2 is 1.71 bits per heavy atom. The number of carbonyl (C=O) groups is 1. The van der Waals surface area contributed by atoms with Crippen LogP contribution in [0.3, 0.4) is 0 Å². The average Bonchev–Trinajstić information content (AvgIpc) is 3.70. The third-order valence-electron chi connectivity index (χ3n) is 6.73. The number of benzene rings is 2. The van der Waals surface area contributed by atoms with E-state index in [4.69, 9.17) is 9.47 Å². The van der Waals surface area contributed by atoms with Crippen LogP contribution in [0.25, 0.3) is 0 Å². The van der Waals surface area contributed by atoms with Crippen LogP contribution in [0, 0.1) is 11.7 Å². The van der Waals surface area contributed by atoms with Crippen molar-refractivity contribution in [2.24, 2.45) is 5.92 Å². The van der Waals surface area contributed by atoms with Crippen molar-refractivity contribution in [2.45, 2.75) is 49.6 Å². The van der Waals surface area contributed by atoms with Gasteiger partial charge in [0, 0.05) is 49.6 Å². The minimum Gasteiger partial charge on any atom is -0.490 e. The molecule has 7 nitrogen and oxygen atoms in total. The van der Waals surface area contributed by atoms with Gasteiger partial charge in [-0.1, -0.05) is 18.2 Å². The van der Waals surface area contributed by atoms with Crippen LogP contribution in [-0.4, -0.2) is 55.9 Å². The van der Waals surface area contributed by atoms with Crippen LogP contribution in [-0.2, 0) is 21.4 Å². The van der Waals surface area contributed by atoms with Gasteiger partial charge in [-0.15, -0.1) is 0 Å². The first kappa shape index (κ1) is 23.1. The van der Waals surface area contributed by atoms with E-state index in [0.29, 0.717) is 43.1 Å². The SMILES string of the molecule is O=C(C1CCN(S(=O)(=O)c2ccc3c(c2)OCCCO3)CC1)N(Cc1ccccc1F)C1CC1. The molecule has 0 aromatic heterocycles. The van der Waals surface area contributed by atoms with Crippen molar-refractivity contribution in [3.8, 4) is 11.5 Å². The Morgan fingerprint density at radius 1 is 1.00 bits per heavy atom. The first-order valence-electron chi connectivity index (χ1n) is 11.9. The molecule has 5 rings (SSSR count). The highest BCUT2D eigenvalue weighted by Crippen LogP contribution is 2.35. The molecule has 0 N–H and O–H groups in total. The minimum absolute atomic E-state index is 0.00150. The number of halogens is 1. The Bertz CT molecular complexity index is 1160. The highest BCUT2D eigenvalue weighted by Gasteiger charge is 2.39. The fourth-order valence-electron chi connectivity index (χ4n) is 4.61. The van der Waals surface area contributed by atoms with E-state index in [1.807, 2.05) is 0 Å². The highest BCUT2D eigenvalue weighted by atomic mass is 32.2. The molecule has 0 radical (unpaired) electrons. The van der Waals surface area contributed by atoms with Gasteiger partial charge < -0.3 is 14.4 Å². The van der Waals surface area contributed by atoms with Gasteiger partial charge in [-0.3, -0.25) is 4.79 Å². The predicted octanol–water partition coefficient (Wildman–Crippen LogP) is 3.58. The Hall–Kier alpha value is -2.65. The summed E-state index contributed by atoms with van der Waals surface area (Å²) in [6.07, 6.45) is 3.49. The van der Waals surface area contributed by atoms with Gasteiger partial charge in [0.05, 0.1) is 18.1 Å². The van der Waals surface area contributed by atoms with Crippen LogP contribution in [0.4, 0.5) is 4.39 Å². The summed E-state index contributed by atoms with van der Waals surface area (Å²) in [5.74, 6) is 0.422. The summed E-state index contributed by atoms with van der Waals surface area (Å²) in [6.45, 7) is 1.81. The molecule has 0 bridgehead atoms. The zero-order valence-electron chi connectivity index (χ0n) is 19.0. The summed E-state index contributed by atoms with van der Waals surface area (Å²) in [6, 6.07) is 11.4. The van der Waals surface area contributed by atoms with Gasteiger partial charge in [-0.25, -0.2) is 12.8 Å². The fourth-order valence-corrected chi connectivity index (χ4v) is 6.10. The van der Waals surface area contributed by atoms with E-state index in [2.05, 4.69) is 0 Å². The molecule has 2 heterocycles. The lowest BCUT2D eigenvalue weighted by Crippen LogP contribution is -2.44. The molecule has 2 fully saturated rings. The Balaban J connectivity index is 1.25. The topological polar surface area (TPSA) is 76.2 Å². The van der Waals surface area contributed by atoms with E-state index in [0.717, 1.165) is 19.3 Å². The molecule has 1 amide bonds. The monoisotopic (exact) mass is 488 g/mol. The standard InChI is InChI=1S/C25H29FN2O5S/c26-22-5-2-1-4-19(22)17-28(20-6-7-20)25(29)18-10-12-27(13-11-18)34(30,31)21-8-9-23-24(16-21)33-15-3-14-32-23/h1-2,4-5,8-9,16,18,20H,3,6-7,10-15,17H2. The molecule has 3 aliphatic rings. The number of hydrogen-bond donors (Lipinski definition) is 0. The van der Waals surface area contributed by atoms with Crippen molar-refractivity contribution in [2.75, 3.05) is 26.3 Å². The molecular formula is C25H29FN2O5S. The lowest BCUT2D eigenvalue weighted by atomic mass is 9.96. The molecule has 1 saturated heterocycles. The van der Waals surface area contributed by atoms with Gasteiger partial charge in [0.2, 0.25) is 15.9 Å². The van der Waals surface area contributed by atoms with Crippen LogP contribution >= 0.6 is 0 Å². The zero-order valence-corrected chi connectivity index (χ0v) is 19.8. The maximum absolute atomic E-state index is 14.2. The number of carbonyl (C=O) groups excluding carboxylic acids is 1. The molecular weight excluding hydrogens is 459 g/mol. The number of sulfonamides is 1. The van der Waals surface area contributed by atoms with E-state index in [1.165, 1.54) is 16.4 Å². The van der Waals surface area contributed by atoms with Crippen LogP contribution in [0.15, 0.2) is 47.4 Å². The van der Waals surface area contributed by atoms with Crippen molar-refractivity contribution in [3.63, 3.8) is 0 Å². The van der Waals surface area contributed by atoms with E-state index in [9.17, 15) is 17.6 Å². The number of ether oxygens (including phenoxy) is 2.